The Morgan fingerprint density at radius 1 is 0.974 bits per heavy atom. The van der Waals surface area contributed by atoms with Crippen LogP contribution in [0.5, 0.6) is 0 Å². The van der Waals surface area contributed by atoms with Gasteiger partial charge in [0.05, 0.1) is 31.7 Å². The molecular formula is C27H30N6O3S2. The molecule has 38 heavy (non-hydrogen) atoms. The number of thiazole rings is 1. The van der Waals surface area contributed by atoms with E-state index in [0.29, 0.717) is 23.0 Å². The molecule has 0 radical (unpaired) electrons. The number of nitrogens with one attached hydrogen (secondary N) is 3. The Morgan fingerprint density at radius 3 is 2.47 bits per heavy atom. The summed E-state index contributed by atoms with van der Waals surface area (Å²) in [4.78, 5) is 47.8. The first-order chi connectivity index (χ1) is 18.4. The van der Waals surface area contributed by atoms with Crippen LogP contribution in [0, 0.1) is 5.92 Å². The lowest BCUT2D eigenvalue weighted by molar-refractivity contribution is -0.124. The molecule has 3 aliphatic rings. The highest BCUT2D eigenvalue weighted by molar-refractivity contribution is 7.18. The topological polar surface area (TPSA) is 107 Å². The van der Waals surface area contributed by atoms with Gasteiger partial charge in [-0.05, 0) is 56.3 Å². The van der Waals surface area contributed by atoms with Crippen molar-refractivity contribution in [2.75, 3.05) is 50.4 Å². The summed E-state index contributed by atoms with van der Waals surface area (Å²) in [5.74, 6) is 0.329. The standard InChI is InChI=1S/C27H30N6O3S2/c1-32-12-17(13-32)24(34)30-19-6-4-16(5-7-19)22-11-29-26(38-22)18-14-33(15-18)27(36)21-8-9-23(37-21)31-25(35)20-3-2-10-28-20/h4-9,11,17-18,20,28H,2-3,10,12-15H2,1H3,(H,30,34)(H,31,35)/t20-/m0/s1. The maximum atomic E-state index is 12.9. The Hall–Kier alpha value is -3.12. The molecule has 3 N–H and O–H groups in total. The highest BCUT2D eigenvalue weighted by Gasteiger charge is 2.35. The first-order valence-corrected chi connectivity index (χ1v) is 14.5. The molecule has 0 spiro atoms. The number of thiophene rings is 1. The number of rotatable bonds is 7. The maximum Gasteiger partial charge on any atom is 0.264 e. The Balaban J connectivity index is 1.00. The molecule has 3 fully saturated rings. The zero-order valence-electron chi connectivity index (χ0n) is 21.1. The molecule has 1 aromatic carbocycles. The first kappa shape index (κ1) is 25.2. The van der Waals surface area contributed by atoms with Gasteiger partial charge in [0.1, 0.15) is 0 Å². The minimum atomic E-state index is -0.145. The van der Waals surface area contributed by atoms with Crippen molar-refractivity contribution < 1.29 is 14.4 Å². The van der Waals surface area contributed by atoms with Gasteiger partial charge in [0.2, 0.25) is 11.8 Å². The molecule has 3 amide bonds. The molecule has 198 valence electrons. The third kappa shape index (κ3) is 5.24. The van der Waals surface area contributed by atoms with E-state index in [2.05, 4.69) is 25.8 Å². The number of carbonyl (C=O) groups excluding carboxylic acids is 3. The van der Waals surface area contributed by atoms with Gasteiger partial charge in [-0.15, -0.1) is 22.7 Å². The van der Waals surface area contributed by atoms with Gasteiger partial charge < -0.3 is 25.8 Å². The molecule has 6 rings (SSSR count). The number of carbonyl (C=O) groups is 3. The van der Waals surface area contributed by atoms with Crippen LogP contribution in [0.2, 0.25) is 0 Å². The molecule has 11 heteroatoms. The van der Waals surface area contributed by atoms with Crippen LogP contribution in [0.1, 0.15) is 33.4 Å². The van der Waals surface area contributed by atoms with E-state index >= 15 is 0 Å². The van der Waals surface area contributed by atoms with Crippen LogP contribution in [-0.2, 0) is 9.59 Å². The minimum absolute atomic E-state index is 0.00583. The number of amides is 3. The predicted octanol–water partition coefficient (Wildman–Crippen LogP) is 3.30. The van der Waals surface area contributed by atoms with Crippen molar-refractivity contribution in [3.8, 4) is 10.4 Å². The third-order valence-electron chi connectivity index (χ3n) is 7.35. The number of nitrogens with zero attached hydrogens (tertiary/aromatic N) is 3. The van der Waals surface area contributed by atoms with Gasteiger partial charge in [0.15, 0.2) is 0 Å². The highest BCUT2D eigenvalue weighted by atomic mass is 32.1. The number of hydrogen-bond acceptors (Lipinski definition) is 8. The monoisotopic (exact) mass is 550 g/mol. The van der Waals surface area contributed by atoms with E-state index in [1.165, 1.54) is 11.3 Å². The third-order valence-corrected chi connectivity index (χ3v) is 9.55. The highest BCUT2D eigenvalue weighted by Crippen LogP contribution is 2.36. The molecule has 5 heterocycles. The average molecular weight is 551 g/mol. The lowest BCUT2D eigenvalue weighted by Crippen LogP contribution is -2.49. The largest absolute Gasteiger partial charge is 0.336 e. The maximum absolute atomic E-state index is 12.9. The van der Waals surface area contributed by atoms with Crippen LogP contribution in [-0.4, -0.2) is 78.3 Å². The van der Waals surface area contributed by atoms with Gasteiger partial charge in [-0.1, -0.05) is 12.1 Å². The molecule has 0 bridgehead atoms. The van der Waals surface area contributed by atoms with Crippen molar-refractivity contribution in [2.45, 2.75) is 24.8 Å². The van der Waals surface area contributed by atoms with Gasteiger partial charge >= 0.3 is 0 Å². The molecule has 3 aromatic rings. The van der Waals surface area contributed by atoms with Gasteiger partial charge in [0, 0.05) is 44.0 Å². The average Bonchev–Trinajstić information content (AvgIpc) is 3.63. The van der Waals surface area contributed by atoms with Crippen LogP contribution < -0.4 is 16.0 Å². The summed E-state index contributed by atoms with van der Waals surface area (Å²) in [6.07, 6.45) is 3.74. The number of hydrogen-bond donors (Lipinski definition) is 3. The van der Waals surface area contributed by atoms with Crippen molar-refractivity contribution in [3.05, 3.63) is 52.5 Å². The summed E-state index contributed by atoms with van der Waals surface area (Å²) < 4.78 is 0. The molecule has 3 saturated heterocycles. The molecular weight excluding hydrogens is 520 g/mol. The summed E-state index contributed by atoms with van der Waals surface area (Å²) in [6, 6.07) is 11.3. The molecule has 0 unspecified atom stereocenters. The van der Waals surface area contributed by atoms with E-state index in [0.717, 1.165) is 53.6 Å². The summed E-state index contributed by atoms with van der Waals surface area (Å²) in [6.45, 7) is 3.76. The molecule has 0 aliphatic carbocycles. The van der Waals surface area contributed by atoms with Crippen molar-refractivity contribution >= 4 is 51.1 Å². The number of anilines is 2. The fourth-order valence-corrected chi connectivity index (χ4v) is 6.91. The van der Waals surface area contributed by atoms with E-state index < -0.39 is 0 Å². The number of benzene rings is 1. The number of likely N-dealkylation sites (tertiary alicyclic amines) is 2. The van der Waals surface area contributed by atoms with Crippen LogP contribution >= 0.6 is 22.7 Å². The zero-order chi connectivity index (χ0) is 26.2. The van der Waals surface area contributed by atoms with Gasteiger partial charge in [-0.25, -0.2) is 4.98 Å². The lowest BCUT2D eigenvalue weighted by Gasteiger charge is -2.37. The van der Waals surface area contributed by atoms with Crippen LogP contribution in [0.3, 0.4) is 0 Å². The van der Waals surface area contributed by atoms with E-state index in [1.807, 2.05) is 42.4 Å². The fraction of sp³-hybridized carbons (Fsp3) is 0.407. The minimum Gasteiger partial charge on any atom is -0.336 e. The summed E-state index contributed by atoms with van der Waals surface area (Å²) >= 11 is 2.97. The van der Waals surface area contributed by atoms with Crippen molar-refractivity contribution in [1.82, 2.24) is 20.1 Å². The second-order valence-corrected chi connectivity index (χ2v) is 12.4. The molecule has 2 aromatic heterocycles. The van der Waals surface area contributed by atoms with Crippen molar-refractivity contribution in [3.63, 3.8) is 0 Å². The van der Waals surface area contributed by atoms with Crippen LogP contribution in [0.25, 0.3) is 10.4 Å². The van der Waals surface area contributed by atoms with Gasteiger partial charge in [-0.3, -0.25) is 14.4 Å². The van der Waals surface area contributed by atoms with Gasteiger partial charge in [0.25, 0.3) is 5.91 Å². The van der Waals surface area contributed by atoms with E-state index in [-0.39, 0.29) is 35.6 Å². The molecule has 3 aliphatic heterocycles. The smallest absolute Gasteiger partial charge is 0.264 e. The number of aromatic nitrogens is 1. The van der Waals surface area contributed by atoms with E-state index in [9.17, 15) is 14.4 Å². The summed E-state index contributed by atoms with van der Waals surface area (Å²) in [7, 11) is 2.01. The van der Waals surface area contributed by atoms with Crippen LogP contribution in [0.4, 0.5) is 10.7 Å². The van der Waals surface area contributed by atoms with Crippen molar-refractivity contribution in [2.24, 2.45) is 5.92 Å². The normalized spacial score (nSPS) is 20.1. The Kier molecular flexibility index (Phi) is 7.00. The first-order valence-electron chi connectivity index (χ1n) is 12.9. The van der Waals surface area contributed by atoms with E-state index in [4.69, 9.17) is 0 Å². The molecule has 1 atom stereocenters. The Morgan fingerprint density at radius 2 is 1.76 bits per heavy atom. The Labute approximate surface area is 229 Å². The van der Waals surface area contributed by atoms with E-state index in [1.54, 1.807) is 23.5 Å². The Bertz CT molecular complexity index is 1330. The molecule has 0 saturated carbocycles. The quantitative estimate of drug-likeness (QED) is 0.417. The van der Waals surface area contributed by atoms with Gasteiger partial charge in [-0.2, -0.15) is 0 Å². The summed E-state index contributed by atoms with van der Waals surface area (Å²) in [5.41, 5.74) is 1.86. The zero-order valence-corrected chi connectivity index (χ0v) is 22.7. The second-order valence-electron chi connectivity index (χ2n) is 10.3. The molecule has 9 nitrogen and oxygen atoms in total. The summed E-state index contributed by atoms with van der Waals surface area (Å²) in [5, 5.41) is 10.8. The second kappa shape index (κ2) is 10.6. The van der Waals surface area contributed by atoms with Crippen molar-refractivity contribution in [1.29, 1.82) is 0 Å². The fourth-order valence-electron chi connectivity index (χ4n) is 5.03. The SMILES string of the molecule is CN1CC(C(=O)Nc2ccc(-c3cnc(C4CN(C(=O)c5ccc(NC(=O)[C@@H]6CCCN6)s5)C4)s3)cc2)C1. The lowest BCUT2D eigenvalue weighted by atomic mass is 10.0. The predicted molar refractivity (Wildman–Crippen MR) is 150 cm³/mol. The van der Waals surface area contributed by atoms with Crippen LogP contribution in [0.15, 0.2) is 42.6 Å².